The smallest absolute Gasteiger partial charge is 0.251 e. The number of hydrogen-bond donors (Lipinski definition) is 2. The molecular weight excluding hydrogens is 240 g/mol. The lowest BCUT2D eigenvalue weighted by molar-refractivity contribution is 0.0940. The van der Waals surface area contributed by atoms with Gasteiger partial charge >= 0.3 is 0 Å². The Kier molecular flexibility index (Phi) is 3.97. The van der Waals surface area contributed by atoms with Crippen LogP contribution in [0, 0.1) is 0 Å². The van der Waals surface area contributed by atoms with E-state index in [1.54, 1.807) is 23.0 Å². The van der Waals surface area contributed by atoms with E-state index >= 15 is 0 Å². The lowest BCUT2D eigenvalue weighted by Crippen LogP contribution is -2.26. The van der Waals surface area contributed by atoms with Gasteiger partial charge in [0, 0.05) is 30.9 Å². The second-order valence-electron chi connectivity index (χ2n) is 4.54. The number of rotatable bonds is 4. The SMILES string of the molecule is CC(NC(=O)c1ccc(CN)cc1)c1cnn(C)c1. The molecule has 3 N–H and O–H groups in total. The number of aryl methyl sites for hydroxylation is 1. The monoisotopic (exact) mass is 258 g/mol. The Balaban J connectivity index is 2.03. The second-order valence-corrected chi connectivity index (χ2v) is 4.54. The largest absolute Gasteiger partial charge is 0.345 e. The summed E-state index contributed by atoms with van der Waals surface area (Å²) in [6, 6.07) is 7.23. The summed E-state index contributed by atoms with van der Waals surface area (Å²) in [7, 11) is 1.85. The summed E-state index contributed by atoms with van der Waals surface area (Å²) in [5.74, 6) is -0.0973. The van der Waals surface area contributed by atoms with Crippen LogP contribution in [0.1, 0.15) is 34.5 Å². The first-order valence-electron chi connectivity index (χ1n) is 6.18. The van der Waals surface area contributed by atoms with Gasteiger partial charge in [0.15, 0.2) is 0 Å². The zero-order chi connectivity index (χ0) is 13.8. The third-order valence-corrected chi connectivity index (χ3v) is 3.02. The quantitative estimate of drug-likeness (QED) is 0.870. The zero-order valence-electron chi connectivity index (χ0n) is 11.1. The van der Waals surface area contributed by atoms with Crippen molar-refractivity contribution in [2.45, 2.75) is 19.5 Å². The molecular formula is C14H18N4O. The highest BCUT2D eigenvalue weighted by Gasteiger charge is 2.12. The van der Waals surface area contributed by atoms with Crippen molar-refractivity contribution in [2.75, 3.05) is 0 Å². The number of nitrogens with two attached hydrogens (primary N) is 1. The van der Waals surface area contributed by atoms with Crippen molar-refractivity contribution >= 4 is 5.91 Å². The van der Waals surface area contributed by atoms with Crippen molar-refractivity contribution < 1.29 is 4.79 Å². The molecule has 0 bridgehead atoms. The van der Waals surface area contributed by atoms with Crippen LogP contribution in [0.2, 0.25) is 0 Å². The summed E-state index contributed by atoms with van der Waals surface area (Å²) >= 11 is 0. The Bertz CT molecular complexity index is 559. The fraction of sp³-hybridized carbons (Fsp3) is 0.286. The van der Waals surface area contributed by atoms with Crippen molar-refractivity contribution in [2.24, 2.45) is 12.8 Å². The molecule has 1 amide bonds. The molecule has 1 atom stereocenters. The van der Waals surface area contributed by atoms with Crippen molar-refractivity contribution in [3.63, 3.8) is 0 Å². The van der Waals surface area contributed by atoms with Crippen LogP contribution in [0.5, 0.6) is 0 Å². The molecule has 0 saturated heterocycles. The van der Waals surface area contributed by atoms with Gasteiger partial charge in [-0.05, 0) is 24.6 Å². The van der Waals surface area contributed by atoms with Crippen molar-refractivity contribution in [3.05, 3.63) is 53.3 Å². The van der Waals surface area contributed by atoms with Crippen LogP contribution in [0.15, 0.2) is 36.7 Å². The van der Waals surface area contributed by atoms with Gasteiger partial charge in [0.25, 0.3) is 5.91 Å². The fourth-order valence-electron chi connectivity index (χ4n) is 1.82. The van der Waals surface area contributed by atoms with E-state index in [1.165, 1.54) is 0 Å². The standard InChI is InChI=1S/C14H18N4O/c1-10(13-8-16-18(2)9-13)17-14(19)12-5-3-11(7-15)4-6-12/h3-6,8-10H,7,15H2,1-2H3,(H,17,19). The zero-order valence-corrected chi connectivity index (χ0v) is 11.1. The van der Waals surface area contributed by atoms with E-state index in [1.807, 2.05) is 32.3 Å². The number of hydrogen-bond acceptors (Lipinski definition) is 3. The summed E-state index contributed by atoms with van der Waals surface area (Å²) in [4.78, 5) is 12.1. The molecule has 0 fully saturated rings. The molecule has 2 aromatic rings. The van der Waals surface area contributed by atoms with Gasteiger partial charge in [0.1, 0.15) is 0 Å². The van der Waals surface area contributed by atoms with Gasteiger partial charge in [-0.15, -0.1) is 0 Å². The molecule has 0 saturated carbocycles. The number of carbonyl (C=O) groups excluding carboxylic acids is 1. The number of aromatic nitrogens is 2. The average Bonchev–Trinajstić information content (AvgIpc) is 2.85. The van der Waals surface area contributed by atoms with Gasteiger partial charge in [-0.1, -0.05) is 12.1 Å². The summed E-state index contributed by atoms with van der Waals surface area (Å²) in [6.07, 6.45) is 3.64. The Labute approximate surface area is 112 Å². The van der Waals surface area contributed by atoms with Gasteiger partial charge in [-0.25, -0.2) is 0 Å². The number of amides is 1. The molecule has 0 radical (unpaired) electrons. The Hall–Kier alpha value is -2.14. The number of carbonyl (C=O) groups is 1. The lowest BCUT2D eigenvalue weighted by atomic mass is 10.1. The van der Waals surface area contributed by atoms with E-state index in [0.717, 1.165) is 11.1 Å². The van der Waals surface area contributed by atoms with Crippen molar-refractivity contribution in [1.29, 1.82) is 0 Å². The van der Waals surface area contributed by atoms with Gasteiger partial charge < -0.3 is 11.1 Å². The molecule has 0 aliphatic heterocycles. The Morgan fingerprint density at radius 1 is 1.42 bits per heavy atom. The van der Waals surface area contributed by atoms with Crippen LogP contribution in [0.4, 0.5) is 0 Å². The first-order valence-corrected chi connectivity index (χ1v) is 6.18. The second kappa shape index (κ2) is 5.67. The predicted octanol–water partition coefficient (Wildman–Crippen LogP) is 1.37. The first-order chi connectivity index (χ1) is 9.10. The molecule has 1 unspecified atom stereocenters. The minimum absolute atomic E-state index is 0.0737. The maximum Gasteiger partial charge on any atom is 0.251 e. The predicted molar refractivity (Wildman–Crippen MR) is 73.4 cm³/mol. The normalized spacial score (nSPS) is 12.2. The minimum Gasteiger partial charge on any atom is -0.345 e. The minimum atomic E-state index is -0.0973. The molecule has 1 aromatic carbocycles. The van der Waals surface area contributed by atoms with Crippen LogP contribution in [-0.2, 0) is 13.6 Å². The van der Waals surface area contributed by atoms with E-state index < -0.39 is 0 Å². The average molecular weight is 258 g/mol. The molecule has 0 aliphatic rings. The van der Waals surface area contributed by atoms with E-state index in [2.05, 4.69) is 10.4 Å². The van der Waals surface area contributed by atoms with E-state index in [4.69, 9.17) is 5.73 Å². The molecule has 100 valence electrons. The molecule has 1 aromatic heterocycles. The highest BCUT2D eigenvalue weighted by Crippen LogP contribution is 2.12. The summed E-state index contributed by atoms with van der Waals surface area (Å²) in [6.45, 7) is 2.41. The third-order valence-electron chi connectivity index (χ3n) is 3.02. The molecule has 1 heterocycles. The van der Waals surface area contributed by atoms with Crippen molar-refractivity contribution in [1.82, 2.24) is 15.1 Å². The number of nitrogens with zero attached hydrogens (tertiary/aromatic N) is 2. The first kappa shape index (κ1) is 13.3. The Morgan fingerprint density at radius 3 is 2.63 bits per heavy atom. The highest BCUT2D eigenvalue weighted by atomic mass is 16.1. The van der Waals surface area contributed by atoms with Gasteiger partial charge in [-0.2, -0.15) is 5.10 Å². The number of benzene rings is 1. The molecule has 5 heteroatoms. The Morgan fingerprint density at radius 2 is 2.11 bits per heavy atom. The molecule has 2 rings (SSSR count). The van der Waals surface area contributed by atoms with Gasteiger partial charge in [-0.3, -0.25) is 9.48 Å². The molecule has 0 aliphatic carbocycles. The van der Waals surface area contributed by atoms with Crippen LogP contribution in [-0.4, -0.2) is 15.7 Å². The van der Waals surface area contributed by atoms with Crippen LogP contribution >= 0.6 is 0 Å². The van der Waals surface area contributed by atoms with Crippen LogP contribution in [0.3, 0.4) is 0 Å². The summed E-state index contributed by atoms with van der Waals surface area (Å²) in [5, 5.41) is 7.03. The van der Waals surface area contributed by atoms with Crippen molar-refractivity contribution in [3.8, 4) is 0 Å². The molecule has 19 heavy (non-hydrogen) atoms. The molecule has 5 nitrogen and oxygen atoms in total. The van der Waals surface area contributed by atoms with E-state index in [9.17, 15) is 4.79 Å². The van der Waals surface area contributed by atoms with E-state index in [0.29, 0.717) is 12.1 Å². The lowest BCUT2D eigenvalue weighted by Gasteiger charge is -2.12. The maximum atomic E-state index is 12.1. The summed E-state index contributed by atoms with van der Waals surface area (Å²) in [5.41, 5.74) is 8.15. The van der Waals surface area contributed by atoms with Gasteiger partial charge in [0.2, 0.25) is 0 Å². The highest BCUT2D eigenvalue weighted by molar-refractivity contribution is 5.94. The van der Waals surface area contributed by atoms with Crippen LogP contribution < -0.4 is 11.1 Å². The summed E-state index contributed by atoms with van der Waals surface area (Å²) < 4.78 is 1.72. The van der Waals surface area contributed by atoms with E-state index in [-0.39, 0.29) is 11.9 Å². The number of nitrogens with one attached hydrogen (secondary N) is 1. The topological polar surface area (TPSA) is 72.9 Å². The maximum absolute atomic E-state index is 12.1. The third kappa shape index (κ3) is 3.20. The van der Waals surface area contributed by atoms with Gasteiger partial charge in [0.05, 0.1) is 12.2 Å². The fourth-order valence-corrected chi connectivity index (χ4v) is 1.82. The molecule has 0 spiro atoms. The van der Waals surface area contributed by atoms with Crippen LogP contribution in [0.25, 0.3) is 0 Å².